The fraction of sp³-hybridized carbons (Fsp3) is 0.347. The smallest absolute Gasteiger partial charge is 0.160 e. The normalized spacial score (nSPS) is 17.1. The van der Waals surface area contributed by atoms with Gasteiger partial charge in [-0.1, -0.05) is 126 Å². The molecule has 4 heteroatoms. The van der Waals surface area contributed by atoms with E-state index in [0.717, 1.165) is 46.6 Å². The van der Waals surface area contributed by atoms with E-state index in [0.29, 0.717) is 0 Å². The summed E-state index contributed by atoms with van der Waals surface area (Å²) in [6.45, 7) is 22.6. The Labute approximate surface area is 331 Å². The Morgan fingerprint density at radius 3 is 2.06 bits per heavy atom. The number of thioether (sulfide) groups is 1. The first-order valence-corrected chi connectivity index (χ1v) is 20.2. The van der Waals surface area contributed by atoms with Gasteiger partial charge in [-0.15, -0.1) is 0 Å². The number of anilines is 2. The molecule has 278 valence electrons. The average Bonchev–Trinajstić information content (AvgIpc) is 3.07. The van der Waals surface area contributed by atoms with Crippen LogP contribution in [0.3, 0.4) is 0 Å². The van der Waals surface area contributed by atoms with Crippen LogP contribution in [0.1, 0.15) is 88.6 Å². The van der Waals surface area contributed by atoms with E-state index in [1.54, 1.807) is 0 Å². The van der Waals surface area contributed by atoms with Gasteiger partial charge in [0.2, 0.25) is 0 Å². The summed E-state index contributed by atoms with van der Waals surface area (Å²) in [7, 11) is 8.39. The molecular formula is C49H61N2S2+. The van der Waals surface area contributed by atoms with Gasteiger partial charge >= 0.3 is 0 Å². The topological polar surface area (TPSA) is 6.48 Å². The second-order valence-corrected chi connectivity index (χ2v) is 18.8. The first kappa shape index (κ1) is 40.3. The SMILES string of the molecule is C=C(/C=C(/C=C/C1=C(c2cc(C)cc(C)c2)C(=C/C=C2\C=C(C(C)(C)C)Sc3cc(N(C)C)ccc32)/CCC1)c1ccc(N(C)C)cc1[SH2+])C(C)(C)C. The van der Waals surface area contributed by atoms with Crippen LogP contribution < -0.4 is 9.80 Å². The second-order valence-electron chi connectivity index (χ2n) is 17.2. The molecule has 0 atom stereocenters. The second kappa shape index (κ2) is 16.2. The molecule has 0 N–H and O–H groups in total. The molecule has 2 aliphatic rings. The number of benzene rings is 3. The fourth-order valence-electron chi connectivity index (χ4n) is 6.80. The predicted molar refractivity (Wildman–Crippen MR) is 242 cm³/mol. The summed E-state index contributed by atoms with van der Waals surface area (Å²) in [6.07, 6.45) is 17.4. The van der Waals surface area contributed by atoms with Gasteiger partial charge in [0.15, 0.2) is 4.90 Å². The first-order chi connectivity index (χ1) is 24.8. The van der Waals surface area contributed by atoms with E-state index >= 15 is 0 Å². The number of allylic oxidation sites excluding steroid dienone is 13. The van der Waals surface area contributed by atoms with Crippen LogP contribution in [0.2, 0.25) is 0 Å². The van der Waals surface area contributed by atoms with E-state index in [1.165, 1.54) is 60.0 Å². The van der Waals surface area contributed by atoms with Gasteiger partial charge in [-0.2, -0.15) is 0 Å². The molecule has 0 radical (unpaired) electrons. The van der Waals surface area contributed by atoms with Crippen LogP contribution in [0.5, 0.6) is 0 Å². The van der Waals surface area contributed by atoms with E-state index < -0.39 is 0 Å². The molecule has 0 bridgehead atoms. The van der Waals surface area contributed by atoms with Gasteiger partial charge in [0.05, 0.1) is 0 Å². The molecule has 0 spiro atoms. The monoisotopic (exact) mass is 741 g/mol. The summed E-state index contributed by atoms with van der Waals surface area (Å²) in [6, 6.07) is 20.5. The Morgan fingerprint density at radius 1 is 0.811 bits per heavy atom. The van der Waals surface area contributed by atoms with Gasteiger partial charge in [0.25, 0.3) is 0 Å². The van der Waals surface area contributed by atoms with Crippen LogP contribution in [0, 0.1) is 24.7 Å². The number of fused-ring (bicyclic) bond motifs is 1. The lowest BCUT2D eigenvalue weighted by atomic mass is 9.81. The van der Waals surface area contributed by atoms with E-state index in [9.17, 15) is 0 Å². The van der Waals surface area contributed by atoms with Crippen LogP contribution in [-0.2, 0) is 12.6 Å². The van der Waals surface area contributed by atoms with E-state index in [-0.39, 0.29) is 10.8 Å². The third-order valence-electron chi connectivity index (χ3n) is 10.1. The standard InChI is InChI=1S/C49H60N2S2/c1-32-25-33(2)27-39(26-32)47-35(17-19-37(28-34(3)48(4,5)6)42-23-21-40(50(10)11)30-44(42)52)15-14-16-36(47)18-20-38-29-46(49(7,8)9)53-45-31-41(51(12)13)22-24-43(38)45/h17-31,52H,3,14-16H2,1-2,4-13H3/p+1/b19-17+,36-18+,37-28-,38-20+. The number of rotatable bonds is 8. The number of nitrogens with zero attached hydrogens (tertiary/aromatic N) is 2. The molecule has 0 unspecified atom stereocenters. The van der Waals surface area contributed by atoms with Gasteiger partial charge in [-0.25, -0.2) is 0 Å². The minimum Gasteiger partial charge on any atom is -0.378 e. The van der Waals surface area contributed by atoms with Crippen molar-refractivity contribution in [2.24, 2.45) is 10.8 Å². The molecule has 0 saturated carbocycles. The van der Waals surface area contributed by atoms with Crippen molar-refractivity contribution < 1.29 is 0 Å². The molecule has 5 rings (SSSR count). The summed E-state index contributed by atoms with van der Waals surface area (Å²) in [5, 5.41) is 0. The van der Waals surface area contributed by atoms with E-state index in [4.69, 9.17) is 0 Å². The quantitative estimate of drug-likeness (QED) is 0.168. The maximum Gasteiger partial charge on any atom is 0.160 e. The fourth-order valence-corrected chi connectivity index (χ4v) is 8.38. The van der Waals surface area contributed by atoms with Crippen LogP contribution in [0.25, 0.3) is 16.7 Å². The van der Waals surface area contributed by atoms with Gasteiger partial charge in [0, 0.05) is 56.1 Å². The van der Waals surface area contributed by atoms with Crippen LogP contribution in [0.4, 0.5) is 11.4 Å². The largest absolute Gasteiger partial charge is 0.378 e. The Balaban J connectivity index is 1.69. The lowest BCUT2D eigenvalue weighted by Crippen LogP contribution is -2.12. The van der Waals surface area contributed by atoms with Crippen molar-refractivity contribution in [2.45, 2.75) is 84.4 Å². The zero-order valence-electron chi connectivity index (χ0n) is 34.3. The van der Waals surface area contributed by atoms with E-state index in [2.05, 4.69) is 204 Å². The zero-order valence-corrected chi connectivity index (χ0v) is 36.1. The first-order valence-electron chi connectivity index (χ1n) is 18.9. The molecule has 1 aliphatic carbocycles. The maximum absolute atomic E-state index is 4.50. The third kappa shape index (κ3) is 9.82. The Bertz CT molecular complexity index is 2060. The summed E-state index contributed by atoms with van der Waals surface area (Å²) >= 11 is 5.90. The lowest BCUT2D eigenvalue weighted by Gasteiger charge is -2.29. The maximum atomic E-state index is 4.50. The van der Waals surface area contributed by atoms with Gasteiger partial charge < -0.3 is 9.80 Å². The Kier molecular flexibility index (Phi) is 12.4. The highest BCUT2D eigenvalue weighted by atomic mass is 32.2. The van der Waals surface area contributed by atoms with Crippen molar-refractivity contribution in [3.63, 3.8) is 0 Å². The van der Waals surface area contributed by atoms with Crippen LogP contribution in [0.15, 0.2) is 129 Å². The molecule has 53 heavy (non-hydrogen) atoms. The highest BCUT2D eigenvalue weighted by molar-refractivity contribution is 8.03. The van der Waals surface area contributed by atoms with Crippen molar-refractivity contribution in [1.82, 2.24) is 0 Å². The van der Waals surface area contributed by atoms with Gasteiger partial charge in [-0.3, -0.25) is 0 Å². The Hall–Kier alpha value is -3.86. The van der Waals surface area contributed by atoms with Crippen molar-refractivity contribution in [1.29, 1.82) is 0 Å². The molecule has 1 heterocycles. The highest BCUT2D eigenvalue weighted by Gasteiger charge is 2.25. The molecule has 3 aromatic carbocycles. The summed E-state index contributed by atoms with van der Waals surface area (Å²) < 4.78 is 0. The van der Waals surface area contributed by atoms with Crippen molar-refractivity contribution in [3.8, 4) is 0 Å². The molecule has 0 amide bonds. The van der Waals surface area contributed by atoms with Crippen LogP contribution in [-0.4, -0.2) is 28.2 Å². The van der Waals surface area contributed by atoms with Crippen LogP contribution >= 0.6 is 11.8 Å². The van der Waals surface area contributed by atoms with Crippen molar-refractivity contribution >= 4 is 52.5 Å². The molecule has 3 aromatic rings. The average molecular weight is 742 g/mol. The number of aryl methyl sites for hydroxylation is 2. The highest BCUT2D eigenvalue weighted by Crippen LogP contribution is 2.48. The summed E-state index contributed by atoms with van der Waals surface area (Å²) in [4.78, 5) is 8.11. The minimum absolute atomic E-state index is 0.0437. The molecular weight excluding hydrogens is 681 g/mol. The minimum atomic E-state index is -0.0437. The number of hydrogen-bond donors (Lipinski definition) is 0. The van der Waals surface area contributed by atoms with E-state index in [1.807, 2.05) is 11.8 Å². The molecule has 2 nitrogen and oxygen atoms in total. The summed E-state index contributed by atoms with van der Waals surface area (Å²) in [5.41, 5.74) is 16.4. The third-order valence-corrected chi connectivity index (χ3v) is 12.1. The molecule has 0 aromatic heterocycles. The zero-order chi connectivity index (χ0) is 38.8. The lowest BCUT2D eigenvalue weighted by molar-refractivity contribution is 0.519. The van der Waals surface area contributed by atoms with Crippen molar-refractivity contribution in [2.75, 3.05) is 38.0 Å². The Morgan fingerprint density at radius 2 is 1.45 bits per heavy atom. The van der Waals surface area contributed by atoms with Gasteiger partial charge in [-0.05, 0) is 136 Å². The number of hydrogen-bond acceptors (Lipinski definition) is 3. The van der Waals surface area contributed by atoms with Crippen molar-refractivity contribution in [3.05, 3.63) is 147 Å². The summed E-state index contributed by atoms with van der Waals surface area (Å²) in [5.74, 6) is 0. The predicted octanol–water partition coefficient (Wildman–Crippen LogP) is 13.0. The molecule has 0 saturated heterocycles. The molecule has 0 fully saturated rings. The molecule has 1 aliphatic heterocycles. The van der Waals surface area contributed by atoms with Gasteiger partial charge in [0.1, 0.15) is 0 Å².